The SMILES string of the molecule is Cc1ccccc1C(=O)N/N=C/c1cc(Br)ccc1OC(C)C. The minimum absolute atomic E-state index is 0.0601. The van der Waals surface area contributed by atoms with Gasteiger partial charge in [0.2, 0.25) is 0 Å². The zero-order chi connectivity index (χ0) is 16.8. The second kappa shape index (κ2) is 7.92. The summed E-state index contributed by atoms with van der Waals surface area (Å²) >= 11 is 3.43. The number of carbonyl (C=O) groups excluding carboxylic acids is 1. The molecule has 5 heteroatoms. The molecule has 0 atom stereocenters. The number of aryl methyl sites for hydroxylation is 1. The number of halogens is 1. The van der Waals surface area contributed by atoms with Crippen molar-refractivity contribution in [3.63, 3.8) is 0 Å². The highest BCUT2D eigenvalue weighted by Gasteiger charge is 2.07. The Morgan fingerprint density at radius 1 is 1.26 bits per heavy atom. The highest BCUT2D eigenvalue weighted by Crippen LogP contribution is 2.22. The van der Waals surface area contributed by atoms with Gasteiger partial charge in [-0.25, -0.2) is 5.43 Å². The van der Waals surface area contributed by atoms with Crippen molar-refractivity contribution >= 4 is 28.1 Å². The monoisotopic (exact) mass is 374 g/mol. The fourth-order valence-corrected chi connectivity index (χ4v) is 2.41. The number of ether oxygens (including phenoxy) is 1. The first-order valence-corrected chi connectivity index (χ1v) is 8.12. The lowest BCUT2D eigenvalue weighted by Gasteiger charge is -2.12. The fourth-order valence-electron chi connectivity index (χ4n) is 2.03. The quantitative estimate of drug-likeness (QED) is 0.626. The first-order valence-electron chi connectivity index (χ1n) is 7.32. The third-order valence-electron chi connectivity index (χ3n) is 3.09. The summed E-state index contributed by atoms with van der Waals surface area (Å²) in [6.07, 6.45) is 1.64. The molecule has 1 N–H and O–H groups in total. The fraction of sp³-hybridized carbons (Fsp3) is 0.222. The van der Waals surface area contributed by atoms with E-state index < -0.39 is 0 Å². The first kappa shape index (κ1) is 17.2. The minimum atomic E-state index is -0.235. The van der Waals surface area contributed by atoms with Gasteiger partial charge < -0.3 is 4.74 Å². The predicted molar refractivity (Wildman–Crippen MR) is 96.1 cm³/mol. The topological polar surface area (TPSA) is 50.7 Å². The molecule has 0 aliphatic carbocycles. The summed E-state index contributed by atoms with van der Waals surface area (Å²) < 4.78 is 6.65. The van der Waals surface area contributed by atoms with Gasteiger partial charge in [0, 0.05) is 15.6 Å². The molecule has 0 aromatic heterocycles. The zero-order valence-electron chi connectivity index (χ0n) is 13.3. The lowest BCUT2D eigenvalue weighted by atomic mass is 10.1. The van der Waals surface area contributed by atoms with Crippen LogP contribution in [0.25, 0.3) is 0 Å². The van der Waals surface area contributed by atoms with Gasteiger partial charge >= 0.3 is 0 Å². The van der Waals surface area contributed by atoms with Crippen LogP contribution in [0, 0.1) is 6.92 Å². The lowest BCUT2D eigenvalue weighted by molar-refractivity contribution is 0.0954. The zero-order valence-corrected chi connectivity index (χ0v) is 14.9. The summed E-state index contributed by atoms with van der Waals surface area (Å²) in [5.74, 6) is 0.484. The van der Waals surface area contributed by atoms with Crippen LogP contribution in [0.15, 0.2) is 52.0 Å². The molecule has 1 amide bonds. The van der Waals surface area contributed by atoms with Gasteiger partial charge in [0.1, 0.15) is 5.75 Å². The molecule has 0 saturated carbocycles. The molecule has 120 valence electrons. The average Bonchev–Trinajstić information content (AvgIpc) is 2.50. The highest BCUT2D eigenvalue weighted by atomic mass is 79.9. The Hall–Kier alpha value is -2.14. The van der Waals surface area contributed by atoms with Crippen molar-refractivity contribution in [1.29, 1.82) is 0 Å². The van der Waals surface area contributed by atoms with Gasteiger partial charge in [0.25, 0.3) is 5.91 Å². The number of hydrazone groups is 1. The number of rotatable bonds is 5. The van der Waals surface area contributed by atoms with Gasteiger partial charge in [-0.3, -0.25) is 4.79 Å². The Kier molecular flexibility index (Phi) is 5.93. The van der Waals surface area contributed by atoms with Crippen LogP contribution in [0.3, 0.4) is 0 Å². The molecule has 0 unspecified atom stereocenters. The first-order chi connectivity index (χ1) is 11.0. The molecule has 0 fully saturated rings. The summed E-state index contributed by atoms with van der Waals surface area (Å²) in [6.45, 7) is 5.81. The van der Waals surface area contributed by atoms with Crippen molar-refractivity contribution in [1.82, 2.24) is 5.43 Å². The van der Waals surface area contributed by atoms with Crippen LogP contribution in [0.1, 0.15) is 35.3 Å². The van der Waals surface area contributed by atoms with Crippen molar-refractivity contribution in [2.75, 3.05) is 0 Å². The van der Waals surface area contributed by atoms with Gasteiger partial charge in [0.15, 0.2) is 0 Å². The Morgan fingerprint density at radius 3 is 2.70 bits per heavy atom. The molecule has 2 aromatic carbocycles. The van der Waals surface area contributed by atoms with E-state index in [9.17, 15) is 4.79 Å². The maximum Gasteiger partial charge on any atom is 0.271 e. The van der Waals surface area contributed by atoms with Crippen molar-refractivity contribution in [2.24, 2.45) is 5.10 Å². The summed E-state index contributed by atoms with van der Waals surface area (Å²) in [4.78, 5) is 12.1. The van der Waals surface area contributed by atoms with E-state index in [1.807, 2.05) is 57.2 Å². The number of hydrogen-bond donors (Lipinski definition) is 1. The number of hydrogen-bond acceptors (Lipinski definition) is 3. The maximum atomic E-state index is 12.1. The number of carbonyl (C=O) groups is 1. The normalized spacial score (nSPS) is 11.0. The van der Waals surface area contributed by atoms with Gasteiger partial charge in [0.05, 0.1) is 12.3 Å². The third kappa shape index (κ3) is 4.93. The molecular weight excluding hydrogens is 356 g/mol. The lowest BCUT2D eigenvalue weighted by Crippen LogP contribution is -2.18. The largest absolute Gasteiger partial charge is 0.490 e. The molecule has 4 nitrogen and oxygen atoms in total. The molecule has 2 rings (SSSR count). The smallest absolute Gasteiger partial charge is 0.271 e. The van der Waals surface area contributed by atoms with E-state index in [2.05, 4.69) is 26.5 Å². The molecule has 0 aliphatic heterocycles. The standard InChI is InChI=1S/C18H19BrN2O2/c1-12(2)23-17-9-8-15(19)10-14(17)11-20-21-18(22)16-7-5-4-6-13(16)3/h4-12H,1-3H3,(H,21,22)/b20-11+. The predicted octanol–water partition coefficient (Wildman–Crippen LogP) is 4.31. The van der Waals surface area contributed by atoms with E-state index >= 15 is 0 Å². The summed E-state index contributed by atoms with van der Waals surface area (Å²) in [6, 6.07) is 13.0. The molecule has 0 heterocycles. The van der Waals surface area contributed by atoms with Crippen LogP contribution in [0.5, 0.6) is 5.75 Å². The Labute approximate surface area is 144 Å². The van der Waals surface area contributed by atoms with Crippen LogP contribution >= 0.6 is 15.9 Å². The van der Waals surface area contributed by atoms with Gasteiger partial charge in [-0.1, -0.05) is 34.1 Å². The van der Waals surface area contributed by atoms with Crippen LogP contribution in [-0.2, 0) is 0 Å². The summed E-state index contributed by atoms with van der Waals surface area (Å²) in [5, 5.41) is 4.04. The minimum Gasteiger partial charge on any atom is -0.490 e. The third-order valence-corrected chi connectivity index (χ3v) is 3.59. The van der Waals surface area contributed by atoms with Crippen LogP contribution in [0.4, 0.5) is 0 Å². The van der Waals surface area contributed by atoms with E-state index in [1.165, 1.54) is 0 Å². The van der Waals surface area contributed by atoms with Crippen molar-refractivity contribution in [3.8, 4) is 5.75 Å². The van der Waals surface area contributed by atoms with Gasteiger partial charge in [-0.05, 0) is 50.6 Å². The van der Waals surface area contributed by atoms with E-state index in [0.717, 1.165) is 21.3 Å². The molecule has 2 aromatic rings. The number of nitrogens with one attached hydrogen (secondary N) is 1. The maximum absolute atomic E-state index is 12.1. The van der Waals surface area contributed by atoms with Crippen molar-refractivity contribution in [2.45, 2.75) is 26.9 Å². The van der Waals surface area contributed by atoms with Gasteiger partial charge in [-0.2, -0.15) is 5.10 Å². The van der Waals surface area contributed by atoms with E-state index in [4.69, 9.17) is 4.74 Å². The molecule has 0 radical (unpaired) electrons. The molecule has 0 bridgehead atoms. The molecule has 0 aliphatic rings. The van der Waals surface area contributed by atoms with Crippen molar-refractivity contribution < 1.29 is 9.53 Å². The number of benzene rings is 2. The second-order valence-corrected chi connectivity index (χ2v) is 6.28. The second-order valence-electron chi connectivity index (χ2n) is 5.36. The van der Waals surface area contributed by atoms with Crippen LogP contribution in [-0.4, -0.2) is 18.2 Å². The van der Waals surface area contributed by atoms with Crippen LogP contribution < -0.4 is 10.2 Å². The Morgan fingerprint density at radius 2 is 2.00 bits per heavy atom. The molecule has 0 spiro atoms. The summed E-state index contributed by atoms with van der Waals surface area (Å²) in [7, 11) is 0. The molecule has 23 heavy (non-hydrogen) atoms. The average molecular weight is 375 g/mol. The van der Waals surface area contributed by atoms with E-state index in [-0.39, 0.29) is 12.0 Å². The number of nitrogens with zero attached hydrogens (tertiary/aromatic N) is 1. The Balaban J connectivity index is 2.13. The Bertz CT molecular complexity index is 727. The van der Waals surface area contributed by atoms with Gasteiger partial charge in [-0.15, -0.1) is 0 Å². The number of amides is 1. The van der Waals surface area contributed by atoms with E-state index in [0.29, 0.717) is 5.56 Å². The molecular formula is C18H19BrN2O2. The highest BCUT2D eigenvalue weighted by molar-refractivity contribution is 9.10. The van der Waals surface area contributed by atoms with E-state index in [1.54, 1.807) is 12.3 Å². The van der Waals surface area contributed by atoms with Crippen LogP contribution in [0.2, 0.25) is 0 Å². The summed E-state index contributed by atoms with van der Waals surface area (Å²) in [5.41, 5.74) is 4.86. The van der Waals surface area contributed by atoms with Crippen molar-refractivity contribution in [3.05, 3.63) is 63.6 Å². The molecule has 0 saturated heterocycles.